The minimum Gasteiger partial charge on any atom is -0.478 e. The van der Waals surface area contributed by atoms with Crippen LogP contribution in [0.4, 0.5) is 0 Å². The van der Waals surface area contributed by atoms with Crippen molar-refractivity contribution in [3.63, 3.8) is 0 Å². The van der Waals surface area contributed by atoms with E-state index in [4.69, 9.17) is 15.6 Å². The smallest absolute Gasteiger partial charge is 0.335 e. The molecule has 3 N–H and O–H groups in total. The van der Waals surface area contributed by atoms with E-state index in [9.17, 15) is 4.79 Å². The van der Waals surface area contributed by atoms with E-state index >= 15 is 0 Å². The maximum Gasteiger partial charge on any atom is 0.335 e. The summed E-state index contributed by atoms with van der Waals surface area (Å²) in [4.78, 5) is 10.9. The van der Waals surface area contributed by atoms with Gasteiger partial charge in [-0.05, 0) is 22.9 Å². The second kappa shape index (κ2) is 8.40. The van der Waals surface area contributed by atoms with Crippen molar-refractivity contribution in [3.05, 3.63) is 71.3 Å². The van der Waals surface area contributed by atoms with Crippen molar-refractivity contribution in [3.8, 4) is 0 Å². The molecule has 0 aliphatic carbocycles. The SMILES string of the molecule is N/C(=N\N=N\COCc1ccccc1)c1cccc(C(=O)O)c1. The normalized spacial score (nSPS) is 11.7. The standard InChI is InChI=1S/C16H16N4O3/c17-15(13-7-4-8-14(9-13)16(21)22)19-20-18-11-23-10-12-5-2-1-3-6-12/h1-9H,10-11H2,(H,21,22)(H2,17,18,19). The molecule has 0 heterocycles. The molecule has 2 rings (SSSR count). The first-order valence-electron chi connectivity index (χ1n) is 6.82. The molecular formula is C16H16N4O3. The van der Waals surface area contributed by atoms with Crippen LogP contribution in [0.5, 0.6) is 0 Å². The maximum atomic E-state index is 10.9. The number of hydrogen-bond acceptors (Lipinski definition) is 4. The van der Waals surface area contributed by atoms with Crippen LogP contribution >= 0.6 is 0 Å². The van der Waals surface area contributed by atoms with E-state index < -0.39 is 5.97 Å². The molecule has 0 saturated carbocycles. The molecule has 0 saturated heterocycles. The summed E-state index contributed by atoms with van der Waals surface area (Å²) in [6.45, 7) is 0.487. The van der Waals surface area contributed by atoms with Crippen molar-refractivity contribution in [2.75, 3.05) is 6.73 Å². The van der Waals surface area contributed by atoms with Gasteiger partial charge in [0.1, 0.15) is 0 Å². The Morgan fingerprint density at radius 3 is 2.57 bits per heavy atom. The molecule has 0 amide bonds. The Hall–Kier alpha value is -3.06. The summed E-state index contributed by atoms with van der Waals surface area (Å²) in [7, 11) is 0. The number of ether oxygens (including phenoxy) is 1. The van der Waals surface area contributed by atoms with Crippen LogP contribution in [0.3, 0.4) is 0 Å². The van der Waals surface area contributed by atoms with E-state index in [1.54, 1.807) is 12.1 Å². The Balaban J connectivity index is 1.84. The topological polar surface area (TPSA) is 110 Å². The van der Waals surface area contributed by atoms with Gasteiger partial charge in [-0.1, -0.05) is 42.5 Å². The molecule has 0 aliphatic heterocycles. The molecule has 0 aromatic heterocycles. The Labute approximate surface area is 133 Å². The van der Waals surface area contributed by atoms with E-state index in [1.165, 1.54) is 12.1 Å². The zero-order chi connectivity index (χ0) is 16.5. The predicted octanol–water partition coefficient (Wildman–Crippen LogP) is 2.63. The lowest BCUT2D eigenvalue weighted by Crippen LogP contribution is -2.13. The van der Waals surface area contributed by atoms with Crippen molar-refractivity contribution in [1.29, 1.82) is 0 Å². The molecule has 0 radical (unpaired) electrons. The number of aromatic carboxylic acids is 1. The highest BCUT2D eigenvalue weighted by Gasteiger charge is 2.05. The fourth-order valence-corrected chi connectivity index (χ4v) is 1.75. The van der Waals surface area contributed by atoms with Gasteiger partial charge in [-0.15, -0.1) is 10.2 Å². The molecule has 0 atom stereocenters. The predicted molar refractivity (Wildman–Crippen MR) is 85.1 cm³/mol. The first-order valence-corrected chi connectivity index (χ1v) is 6.82. The van der Waals surface area contributed by atoms with E-state index in [0.29, 0.717) is 12.2 Å². The number of rotatable bonds is 7. The van der Waals surface area contributed by atoms with Gasteiger partial charge < -0.3 is 15.6 Å². The summed E-state index contributed by atoms with van der Waals surface area (Å²) in [6.07, 6.45) is 0. The summed E-state index contributed by atoms with van der Waals surface area (Å²) < 4.78 is 5.31. The lowest BCUT2D eigenvalue weighted by Gasteiger charge is -2.00. The number of nitrogens with zero attached hydrogens (tertiary/aromatic N) is 3. The Morgan fingerprint density at radius 2 is 1.83 bits per heavy atom. The Morgan fingerprint density at radius 1 is 1.09 bits per heavy atom. The highest BCUT2D eigenvalue weighted by molar-refractivity contribution is 5.99. The van der Waals surface area contributed by atoms with E-state index in [-0.39, 0.29) is 18.1 Å². The van der Waals surface area contributed by atoms with Gasteiger partial charge in [0, 0.05) is 5.56 Å². The van der Waals surface area contributed by atoms with E-state index in [2.05, 4.69) is 15.4 Å². The number of amidine groups is 1. The van der Waals surface area contributed by atoms with E-state index in [0.717, 1.165) is 5.56 Å². The minimum absolute atomic E-state index is 0.0564. The molecule has 0 unspecified atom stereocenters. The van der Waals surface area contributed by atoms with E-state index in [1.807, 2.05) is 30.3 Å². The summed E-state index contributed by atoms with van der Waals surface area (Å²) in [5.41, 5.74) is 7.37. The molecular weight excluding hydrogens is 296 g/mol. The average Bonchev–Trinajstić information content (AvgIpc) is 2.58. The molecule has 0 aliphatic rings. The van der Waals surface area contributed by atoms with Gasteiger partial charge >= 0.3 is 5.97 Å². The van der Waals surface area contributed by atoms with Crippen LogP contribution in [0.1, 0.15) is 21.5 Å². The van der Waals surface area contributed by atoms with Crippen LogP contribution in [0.2, 0.25) is 0 Å². The monoisotopic (exact) mass is 312 g/mol. The highest BCUT2D eigenvalue weighted by Crippen LogP contribution is 2.05. The average molecular weight is 312 g/mol. The second-order valence-electron chi connectivity index (χ2n) is 4.57. The minimum atomic E-state index is -1.03. The molecule has 7 nitrogen and oxygen atoms in total. The number of carbonyl (C=O) groups is 1. The van der Waals surface area contributed by atoms with Crippen LogP contribution in [0.25, 0.3) is 0 Å². The summed E-state index contributed by atoms with van der Waals surface area (Å²) >= 11 is 0. The van der Waals surface area contributed by atoms with Gasteiger partial charge in [0.15, 0.2) is 12.6 Å². The van der Waals surface area contributed by atoms with Gasteiger partial charge in [-0.3, -0.25) is 0 Å². The second-order valence-corrected chi connectivity index (χ2v) is 4.57. The number of carboxylic acid groups (broad SMARTS) is 1. The molecule has 0 bridgehead atoms. The molecule has 23 heavy (non-hydrogen) atoms. The zero-order valence-electron chi connectivity index (χ0n) is 12.3. The largest absolute Gasteiger partial charge is 0.478 e. The van der Waals surface area contributed by atoms with Crippen molar-refractivity contribution >= 4 is 11.8 Å². The van der Waals surface area contributed by atoms with Crippen LogP contribution in [0, 0.1) is 0 Å². The van der Waals surface area contributed by atoms with Crippen molar-refractivity contribution in [2.45, 2.75) is 6.61 Å². The summed E-state index contributed by atoms with van der Waals surface area (Å²) in [6, 6.07) is 15.8. The molecule has 118 valence electrons. The molecule has 2 aromatic rings. The molecule has 0 spiro atoms. The van der Waals surface area contributed by atoms with Crippen molar-refractivity contribution in [1.82, 2.24) is 0 Å². The number of nitrogens with two attached hydrogens (primary N) is 1. The Bertz CT molecular complexity index is 714. The third-order valence-electron chi connectivity index (χ3n) is 2.88. The molecule has 2 aromatic carbocycles. The van der Waals surface area contributed by atoms with Gasteiger partial charge in [-0.2, -0.15) is 0 Å². The summed E-state index contributed by atoms with van der Waals surface area (Å²) in [5.74, 6) is -0.949. The zero-order valence-corrected chi connectivity index (χ0v) is 12.3. The van der Waals surface area contributed by atoms with Gasteiger partial charge in [-0.25, -0.2) is 4.79 Å². The van der Waals surface area contributed by atoms with Gasteiger partial charge in [0.2, 0.25) is 0 Å². The number of carboxylic acids is 1. The van der Waals surface area contributed by atoms with Crippen LogP contribution in [0.15, 0.2) is 70.0 Å². The fourth-order valence-electron chi connectivity index (χ4n) is 1.75. The quantitative estimate of drug-likeness (QED) is 0.269. The van der Waals surface area contributed by atoms with Crippen LogP contribution in [-0.2, 0) is 11.3 Å². The lowest BCUT2D eigenvalue weighted by molar-refractivity contribution is 0.0697. The number of hydrogen-bond donors (Lipinski definition) is 2. The molecule has 7 heteroatoms. The van der Waals surface area contributed by atoms with Crippen molar-refractivity contribution in [2.24, 2.45) is 21.2 Å². The Kier molecular flexibility index (Phi) is 5.96. The van der Waals surface area contributed by atoms with Crippen LogP contribution in [-0.4, -0.2) is 23.6 Å². The third-order valence-corrected chi connectivity index (χ3v) is 2.88. The van der Waals surface area contributed by atoms with Gasteiger partial charge in [0.25, 0.3) is 0 Å². The summed E-state index contributed by atoms with van der Waals surface area (Å²) in [5, 5.41) is 19.9. The highest BCUT2D eigenvalue weighted by atomic mass is 16.5. The maximum absolute atomic E-state index is 10.9. The third kappa shape index (κ3) is 5.33. The van der Waals surface area contributed by atoms with Gasteiger partial charge in [0.05, 0.1) is 12.2 Å². The molecule has 0 fully saturated rings. The van der Waals surface area contributed by atoms with Crippen molar-refractivity contribution < 1.29 is 14.6 Å². The lowest BCUT2D eigenvalue weighted by atomic mass is 10.1. The van der Waals surface area contributed by atoms with Crippen LogP contribution < -0.4 is 5.73 Å². The fraction of sp³-hybridized carbons (Fsp3) is 0.125. The first kappa shape index (κ1) is 16.3. The number of benzene rings is 2. The first-order chi connectivity index (χ1) is 11.2.